The topological polar surface area (TPSA) is 126 Å². The number of nitrogens with zero attached hydrogens (tertiary/aromatic N) is 2. The molecule has 0 unspecified atom stereocenters. The molecule has 3 heterocycles. The van der Waals surface area contributed by atoms with Crippen LogP contribution < -0.4 is 15.8 Å². The van der Waals surface area contributed by atoms with Gasteiger partial charge in [-0.15, -0.1) is 5.10 Å². The second-order valence-corrected chi connectivity index (χ2v) is 7.24. The first-order chi connectivity index (χ1) is 14.9. The zero-order chi connectivity index (χ0) is 22.0. The molecule has 0 radical (unpaired) electrons. The third-order valence-electron chi connectivity index (χ3n) is 4.34. The van der Waals surface area contributed by atoms with E-state index < -0.39 is 11.7 Å². The SMILES string of the molecule is Cc1[nH]c(C(=O)Nc2ccc(-c3n[nH]c(=O)o3)cc2OCc2ccncc2)c(Cl)c1Cl. The first-order valence-corrected chi connectivity index (χ1v) is 9.74. The fourth-order valence-electron chi connectivity index (χ4n) is 2.78. The molecular formula is C20H15Cl2N5O4. The Labute approximate surface area is 185 Å². The van der Waals surface area contributed by atoms with Gasteiger partial charge < -0.3 is 19.5 Å². The van der Waals surface area contributed by atoms with Gasteiger partial charge in [0.15, 0.2) is 0 Å². The minimum atomic E-state index is -0.680. The number of nitrogens with one attached hydrogen (secondary N) is 3. The second kappa shape index (κ2) is 8.66. The third kappa shape index (κ3) is 4.47. The molecule has 0 bridgehead atoms. The Bertz CT molecular complexity index is 1300. The standard InChI is InChI=1S/C20H15Cl2N5O4/c1-10-15(21)16(22)17(24-10)18(28)25-13-3-2-12(19-26-27-20(29)31-19)8-14(13)30-9-11-4-6-23-7-5-11/h2-8,24H,9H2,1H3,(H,25,28)(H,27,29). The molecule has 1 aromatic carbocycles. The van der Waals surface area contributed by atoms with E-state index in [2.05, 4.69) is 25.5 Å². The number of anilines is 1. The van der Waals surface area contributed by atoms with Crippen LogP contribution in [0.25, 0.3) is 11.5 Å². The van der Waals surface area contributed by atoms with Gasteiger partial charge in [-0.05, 0) is 42.8 Å². The summed E-state index contributed by atoms with van der Waals surface area (Å²) in [6, 6.07) is 8.44. The fourth-order valence-corrected chi connectivity index (χ4v) is 3.20. The van der Waals surface area contributed by atoms with Crippen LogP contribution in [0, 0.1) is 6.92 Å². The molecule has 0 aliphatic heterocycles. The summed E-state index contributed by atoms with van der Waals surface area (Å²) in [7, 11) is 0. The van der Waals surface area contributed by atoms with Crippen molar-refractivity contribution in [3.8, 4) is 17.2 Å². The lowest BCUT2D eigenvalue weighted by molar-refractivity contribution is 0.102. The minimum absolute atomic E-state index is 0.0893. The smallest absolute Gasteiger partial charge is 0.434 e. The predicted molar refractivity (Wildman–Crippen MR) is 115 cm³/mol. The van der Waals surface area contributed by atoms with E-state index >= 15 is 0 Å². The number of rotatable bonds is 6. The number of carbonyl (C=O) groups excluding carboxylic acids is 1. The van der Waals surface area contributed by atoms with Crippen LogP contribution in [0.5, 0.6) is 5.75 Å². The van der Waals surface area contributed by atoms with E-state index in [-0.39, 0.29) is 28.2 Å². The first kappa shape index (κ1) is 20.7. The summed E-state index contributed by atoms with van der Waals surface area (Å²) in [5.74, 6) is -0.752. The number of pyridine rings is 1. The number of ether oxygens (including phenoxy) is 1. The van der Waals surface area contributed by atoms with Crippen LogP contribution >= 0.6 is 23.2 Å². The number of hydrogen-bond donors (Lipinski definition) is 3. The summed E-state index contributed by atoms with van der Waals surface area (Å²) in [4.78, 5) is 30.9. The van der Waals surface area contributed by atoms with Crippen molar-refractivity contribution in [3.63, 3.8) is 0 Å². The van der Waals surface area contributed by atoms with E-state index in [0.29, 0.717) is 22.7 Å². The first-order valence-electron chi connectivity index (χ1n) is 8.99. The Morgan fingerprint density at radius 2 is 1.97 bits per heavy atom. The summed E-state index contributed by atoms with van der Waals surface area (Å²) in [5.41, 5.74) is 2.44. The van der Waals surface area contributed by atoms with E-state index in [1.54, 1.807) is 49.6 Å². The largest absolute Gasteiger partial charge is 0.487 e. The van der Waals surface area contributed by atoms with Crippen molar-refractivity contribution >= 4 is 34.8 Å². The number of hydrogen-bond acceptors (Lipinski definition) is 6. The molecule has 3 aromatic heterocycles. The highest BCUT2D eigenvalue weighted by atomic mass is 35.5. The van der Waals surface area contributed by atoms with Crippen LogP contribution in [0.4, 0.5) is 5.69 Å². The average Bonchev–Trinajstić information content (AvgIpc) is 3.32. The molecule has 1 amide bonds. The number of aromatic nitrogens is 4. The lowest BCUT2D eigenvalue weighted by atomic mass is 10.1. The summed E-state index contributed by atoms with van der Waals surface area (Å²) >= 11 is 12.2. The van der Waals surface area contributed by atoms with Crippen molar-refractivity contribution < 1.29 is 13.9 Å². The molecule has 0 spiro atoms. The molecule has 0 aliphatic carbocycles. The Morgan fingerprint density at radius 1 is 1.19 bits per heavy atom. The highest BCUT2D eigenvalue weighted by molar-refractivity contribution is 6.44. The van der Waals surface area contributed by atoms with Crippen LogP contribution in [0.15, 0.2) is 51.9 Å². The molecule has 11 heteroatoms. The second-order valence-electron chi connectivity index (χ2n) is 6.48. The van der Waals surface area contributed by atoms with Crippen LogP contribution in [0.2, 0.25) is 10.0 Å². The molecular weight excluding hydrogens is 445 g/mol. The number of amides is 1. The molecule has 158 valence electrons. The molecule has 0 aliphatic rings. The van der Waals surface area contributed by atoms with Crippen molar-refractivity contribution in [2.75, 3.05) is 5.32 Å². The maximum atomic E-state index is 12.8. The zero-order valence-corrected chi connectivity index (χ0v) is 17.5. The van der Waals surface area contributed by atoms with Gasteiger partial charge in [-0.2, -0.15) is 0 Å². The molecule has 0 atom stereocenters. The van der Waals surface area contributed by atoms with Gasteiger partial charge in [-0.25, -0.2) is 9.89 Å². The number of aryl methyl sites for hydroxylation is 1. The maximum absolute atomic E-state index is 12.8. The van der Waals surface area contributed by atoms with Gasteiger partial charge in [0, 0.05) is 23.7 Å². The normalized spacial score (nSPS) is 10.8. The van der Waals surface area contributed by atoms with Gasteiger partial charge in [0.05, 0.1) is 15.7 Å². The molecule has 3 N–H and O–H groups in total. The minimum Gasteiger partial charge on any atom is -0.487 e. The van der Waals surface area contributed by atoms with Crippen molar-refractivity contribution in [3.05, 3.63) is 80.3 Å². The van der Waals surface area contributed by atoms with Gasteiger partial charge in [0.2, 0.25) is 5.89 Å². The molecule has 4 rings (SSSR count). The summed E-state index contributed by atoms with van der Waals surface area (Å²) in [5, 5.41) is 9.19. The summed E-state index contributed by atoms with van der Waals surface area (Å²) in [6.45, 7) is 1.92. The van der Waals surface area contributed by atoms with Gasteiger partial charge in [0.25, 0.3) is 5.91 Å². The van der Waals surface area contributed by atoms with E-state index in [1.165, 1.54) is 0 Å². The number of H-pyrrole nitrogens is 2. The van der Waals surface area contributed by atoms with E-state index in [1.807, 2.05) is 0 Å². The van der Waals surface area contributed by atoms with Gasteiger partial charge in [-0.3, -0.25) is 9.78 Å². The predicted octanol–water partition coefficient (Wildman–Crippen LogP) is 4.20. The van der Waals surface area contributed by atoms with Crippen molar-refractivity contribution in [2.24, 2.45) is 0 Å². The van der Waals surface area contributed by atoms with Gasteiger partial charge >= 0.3 is 5.76 Å². The van der Waals surface area contributed by atoms with E-state index in [4.69, 9.17) is 32.4 Å². The lowest BCUT2D eigenvalue weighted by Crippen LogP contribution is -2.14. The number of carbonyl (C=O) groups is 1. The lowest BCUT2D eigenvalue weighted by Gasteiger charge is -2.13. The highest BCUT2D eigenvalue weighted by Crippen LogP contribution is 2.33. The Kier molecular flexibility index (Phi) is 5.79. The molecule has 4 aromatic rings. The van der Waals surface area contributed by atoms with E-state index in [0.717, 1.165) is 5.56 Å². The zero-order valence-electron chi connectivity index (χ0n) is 16.0. The number of halogens is 2. The Hall–Kier alpha value is -3.56. The summed E-state index contributed by atoms with van der Waals surface area (Å²) < 4.78 is 10.9. The van der Waals surface area contributed by atoms with Crippen LogP contribution in [-0.4, -0.2) is 26.1 Å². The maximum Gasteiger partial charge on any atom is 0.434 e. The molecule has 0 fully saturated rings. The number of aromatic amines is 2. The molecule has 31 heavy (non-hydrogen) atoms. The van der Waals surface area contributed by atoms with Crippen molar-refractivity contribution in [1.29, 1.82) is 0 Å². The van der Waals surface area contributed by atoms with Gasteiger partial charge in [0.1, 0.15) is 18.1 Å². The molecule has 0 saturated heterocycles. The Balaban J connectivity index is 1.65. The monoisotopic (exact) mass is 459 g/mol. The quantitative estimate of drug-likeness (QED) is 0.396. The van der Waals surface area contributed by atoms with Crippen molar-refractivity contribution in [1.82, 2.24) is 20.2 Å². The molecule has 0 saturated carbocycles. The van der Waals surface area contributed by atoms with Crippen LogP contribution in [0.1, 0.15) is 21.7 Å². The summed E-state index contributed by atoms with van der Waals surface area (Å²) in [6.07, 6.45) is 3.30. The van der Waals surface area contributed by atoms with Crippen molar-refractivity contribution in [2.45, 2.75) is 13.5 Å². The highest BCUT2D eigenvalue weighted by Gasteiger charge is 2.20. The van der Waals surface area contributed by atoms with Gasteiger partial charge in [-0.1, -0.05) is 23.2 Å². The molecule has 9 nitrogen and oxygen atoms in total. The van der Waals surface area contributed by atoms with Crippen LogP contribution in [0.3, 0.4) is 0 Å². The van der Waals surface area contributed by atoms with Crippen LogP contribution in [-0.2, 0) is 6.61 Å². The average molecular weight is 460 g/mol. The van der Waals surface area contributed by atoms with E-state index in [9.17, 15) is 9.59 Å². The Morgan fingerprint density at radius 3 is 2.61 bits per heavy atom. The number of benzene rings is 1. The fraction of sp³-hybridized carbons (Fsp3) is 0.100. The third-order valence-corrected chi connectivity index (χ3v) is 5.29.